The molecule has 1 fully saturated rings. The molecule has 14 heavy (non-hydrogen) atoms. The molecule has 0 spiro atoms. The lowest BCUT2D eigenvalue weighted by Gasteiger charge is -2.18. The molecule has 78 valence electrons. The van der Waals surface area contributed by atoms with Gasteiger partial charge in [-0.15, -0.1) is 0 Å². The number of nitrogens with zero attached hydrogens (tertiary/aromatic N) is 1. The summed E-state index contributed by atoms with van der Waals surface area (Å²) in [6.45, 7) is 5.11. The molecule has 4 N–H and O–H groups in total. The van der Waals surface area contributed by atoms with Crippen molar-refractivity contribution in [3.63, 3.8) is 0 Å². The van der Waals surface area contributed by atoms with Crippen molar-refractivity contribution in [2.24, 2.45) is 0 Å². The molecule has 5 nitrogen and oxygen atoms in total. The first kappa shape index (κ1) is 9.64. The van der Waals surface area contributed by atoms with Crippen LogP contribution in [0.4, 0.5) is 0 Å². The molecular weight excluding hydrogens is 178 g/mol. The fourth-order valence-electron chi connectivity index (χ4n) is 1.84. The van der Waals surface area contributed by atoms with Gasteiger partial charge in [-0.3, -0.25) is 10.9 Å². The largest absolute Gasteiger partial charge is 0.348 e. The standard InChI is InChI=1S/C9H17N5/c1-6-9(7(2)14-13-6)12-5-8-10-3-4-11-8/h3-4,6-7,9,12-14H,5H2,1-2H3,(H,10,11). The van der Waals surface area contributed by atoms with Gasteiger partial charge in [-0.05, 0) is 13.8 Å². The van der Waals surface area contributed by atoms with E-state index in [0.29, 0.717) is 18.1 Å². The molecule has 0 aliphatic carbocycles. The summed E-state index contributed by atoms with van der Waals surface area (Å²) in [5.41, 5.74) is 6.41. The third-order valence-electron chi connectivity index (χ3n) is 2.68. The number of aromatic amines is 1. The van der Waals surface area contributed by atoms with E-state index >= 15 is 0 Å². The zero-order chi connectivity index (χ0) is 9.97. The SMILES string of the molecule is CC1NNC(C)C1NCc1ncc[nH]1. The zero-order valence-electron chi connectivity index (χ0n) is 8.54. The summed E-state index contributed by atoms with van der Waals surface area (Å²) >= 11 is 0. The van der Waals surface area contributed by atoms with Crippen LogP contribution in [0.1, 0.15) is 19.7 Å². The van der Waals surface area contributed by atoms with Crippen molar-refractivity contribution in [3.8, 4) is 0 Å². The van der Waals surface area contributed by atoms with E-state index < -0.39 is 0 Å². The van der Waals surface area contributed by atoms with Gasteiger partial charge in [0.15, 0.2) is 0 Å². The van der Waals surface area contributed by atoms with Gasteiger partial charge in [0.25, 0.3) is 0 Å². The molecule has 1 aliphatic heterocycles. The molecule has 0 saturated carbocycles. The average molecular weight is 195 g/mol. The number of rotatable bonds is 3. The molecule has 1 saturated heterocycles. The van der Waals surface area contributed by atoms with Crippen molar-refractivity contribution >= 4 is 0 Å². The molecule has 0 aromatic carbocycles. The van der Waals surface area contributed by atoms with Crippen molar-refractivity contribution in [1.29, 1.82) is 0 Å². The van der Waals surface area contributed by atoms with Crippen molar-refractivity contribution in [2.45, 2.75) is 38.5 Å². The average Bonchev–Trinajstić information content (AvgIpc) is 2.76. The highest BCUT2D eigenvalue weighted by molar-refractivity contribution is 4.94. The Morgan fingerprint density at radius 2 is 2.07 bits per heavy atom. The Hall–Kier alpha value is -0.910. The molecular formula is C9H17N5. The number of hydrazine groups is 1. The monoisotopic (exact) mass is 195 g/mol. The summed E-state index contributed by atoms with van der Waals surface area (Å²) in [7, 11) is 0. The van der Waals surface area contributed by atoms with Crippen molar-refractivity contribution in [1.82, 2.24) is 26.1 Å². The Morgan fingerprint density at radius 3 is 2.64 bits per heavy atom. The predicted octanol–water partition coefficient (Wildman–Crippen LogP) is -0.247. The molecule has 2 heterocycles. The second-order valence-electron chi connectivity index (χ2n) is 3.81. The quantitative estimate of drug-likeness (QED) is 0.537. The van der Waals surface area contributed by atoms with Crippen LogP contribution >= 0.6 is 0 Å². The normalized spacial score (nSPS) is 32.3. The minimum absolute atomic E-state index is 0.444. The second-order valence-corrected chi connectivity index (χ2v) is 3.81. The van der Waals surface area contributed by atoms with Crippen LogP contribution in [-0.2, 0) is 6.54 Å². The smallest absolute Gasteiger partial charge is 0.120 e. The van der Waals surface area contributed by atoms with E-state index in [-0.39, 0.29) is 0 Å². The van der Waals surface area contributed by atoms with Gasteiger partial charge in [0, 0.05) is 30.5 Å². The first-order chi connectivity index (χ1) is 6.77. The van der Waals surface area contributed by atoms with Crippen molar-refractivity contribution < 1.29 is 0 Å². The number of nitrogens with one attached hydrogen (secondary N) is 4. The topological polar surface area (TPSA) is 64.8 Å². The Morgan fingerprint density at radius 1 is 1.36 bits per heavy atom. The first-order valence-corrected chi connectivity index (χ1v) is 5.00. The summed E-state index contributed by atoms with van der Waals surface area (Å²) in [5, 5.41) is 3.46. The molecule has 2 unspecified atom stereocenters. The summed E-state index contributed by atoms with van der Waals surface area (Å²) in [4.78, 5) is 7.24. The lowest BCUT2D eigenvalue weighted by molar-refractivity contribution is 0.441. The van der Waals surface area contributed by atoms with Crippen LogP contribution in [0.3, 0.4) is 0 Å². The fraction of sp³-hybridized carbons (Fsp3) is 0.667. The second kappa shape index (κ2) is 4.08. The maximum atomic E-state index is 4.17. The van der Waals surface area contributed by atoms with Crippen LogP contribution in [0.2, 0.25) is 0 Å². The minimum atomic E-state index is 0.444. The summed E-state index contributed by atoms with van der Waals surface area (Å²) in [6.07, 6.45) is 3.62. The summed E-state index contributed by atoms with van der Waals surface area (Å²) in [5.74, 6) is 0.983. The maximum Gasteiger partial charge on any atom is 0.120 e. The zero-order valence-corrected chi connectivity index (χ0v) is 8.54. The Labute approximate surface area is 83.7 Å². The molecule has 2 rings (SSSR count). The van der Waals surface area contributed by atoms with Crippen LogP contribution in [0.15, 0.2) is 12.4 Å². The third-order valence-corrected chi connectivity index (χ3v) is 2.68. The predicted molar refractivity (Wildman–Crippen MR) is 54.4 cm³/mol. The van der Waals surface area contributed by atoms with Crippen LogP contribution in [0, 0.1) is 0 Å². The van der Waals surface area contributed by atoms with E-state index in [0.717, 1.165) is 12.4 Å². The van der Waals surface area contributed by atoms with Crippen LogP contribution < -0.4 is 16.2 Å². The molecule has 1 aromatic heterocycles. The summed E-state index contributed by atoms with van der Waals surface area (Å²) in [6, 6.07) is 1.33. The highest BCUT2D eigenvalue weighted by atomic mass is 15.4. The molecule has 0 radical (unpaired) electrons. The summed E-state index contributed by atoms with van der Waals surface area (Å²) < 4.78 is 0. The van der Waals surface area contributed by atoms with Crippen LogP contribution in [0.25, 0.3) is 0 Å². The van der Waals surface area contributed by atoms with Gasteiger partial charge in [-0.2, -0.15) is 0 Å². The molecule has 1 aromatic rings. The van der Waals surface area contributed by atoms with Gasteiger partial charge in [0.2, 0.25) is 0 Å². The van der Waals surface area contributed by atoms with Gasteiger partial charge in [-0.25, -0.2) is 4.98 Å². The molecule has 2 atom stereocenters. The maximum absolute atomic E-state index is 4.17. The first-order valence-electron chi connectivity index (χ1n) is 5.00. The van der Waals surface area contributed by atoms with E-state index in [1.807, 2.05) is 6.20 Å². The third kappa shape index (κ3) is 1.95. The fourth-order valence-corrected chi connectivity index (χ4v) is 1.84. The molecule has 0 bridgehead atoms. The van der Waals surface area contributed by atoms with Crippen LogP contribution in [-0.4, -0.2) is 28.1 Å². The lowest BCUT2D eigenvalue weighted by atomic mass is 10.1. The Balaban J connectivity index is 1.85. The van der Waals surface area contributed by atoms with Gasteiger partial charge in [0.1, 0.15) is 5.82 Å². The van der Waals surface area contributed by atoms with E-state index in [9.17, 15) is 0 Å². The Bertz CT molecular complexity index is 261. The van der Waals surface area contributed by atoms with Gasteiger partial charge in [-0.1, -0.05) is 0 Å². The van der Waals surface area contributed by atoms with Crippen molar-refractivity contribution in [3.05, 3.63) is 18.2 Å². The molecule has 0 amide bonds. The Kier molecular flexibility index (Phi) is 2.81. The number of H-pyrrole nitrogens is 1. The van der Waals surface area contributed by atoms with Crippen LogP contribution in [0.5, 0.6) is 0 Å². The number of hydrogen-bond donors (Lipinski definition) is 4. The number of imidazole rings is 1. The van der Waals surface area contributed by atoms with Gasteiger partial charge in [0.05, 0.1) is 6.54 Å². The van der Waals surface area contributed by atoms with Gasteiger partial charge < -0.3 is 10.3 Å². The highest BCUT2D eigenvalue weighted by Crippen LogP contribution is 2.05. The molecule has 5 heteroatoms. The number of hydrogen-bond acceptors (Lipinski definition) is 4. The van der Waals surface area contributed by atoms with E-state index in [1.54, 1.807) is 6.20 Å². The van der Waals surface area contributed by atoms with Crippen molar-refractivity contribution in [2.75, 3.05) is 0 Å². The van der Waals surface area contributed by atoms with E-state index in [2.05, 4.69) is 40.0 Å². The van der Waals surface area contributed by atoms with E-state index in [4.69, 9.17) is 0 Å². The lowest BCUT2D eigenvalue weighted by Crippen LogP contribution is -2.42. The highest BCUT2D eigenvalue weighted by Gasteiger charge is 2.28. The number of aromatic nitrogens is 2. The molecule has 1 aliphatic rings. The van der Waals surface area contributed by atoms with Gasteiger partial charge >= 0.3 is 0 Å². The van der Waals surface area contributed by atoms with E-state index in [1.165, 1.54) is 0 Å². The minimum Gasteiger partial charge on any atom is -0.348 e.